The van der Waals surface area contributed by atoms with E-state index in [1.165, 1.54) is 12.1 Å². The van der Waals surface area contributed by atoms with Gasteiger partial charge in [-0.1, -0.05) is 29.3 Å². The standard InChI is InChI=1S/C17H16Cl2N2O3S/c18-14-4-3-5-15(19)17(14)20-25(23,24)13-9-7-12(8-10-13)21-11-2-1-6-16(21)22/h3-5,7-10,20H,1-2,6,11H2. The van der Waals surface area contributed by atoms with Gasteiger partial charge in [0, 0.05) is 18.7 Å². The Labute approximate surface area is 156 Å². The summed E-state index contributed by atoms with van der Waals surface area (Å²) >= 11 is 12.0. The number of piperidine rings is 1. The largest absolute Gasteiger partial charge is 0.312 e. The molecule has 0 atom stereocenters. The number of hydrogen-bond donors (Lipinski definition) is 1. The third-order valence-corrected chi connectivity index (χ3v) is 5.98. The Balaban J connectivity index is 1.84. The summed E-state index contributed by atoms with van der Waals surface area (Å²) in [6.07, 6.45) is 2.36. The van der Waals surface area contributed by atoms with Crippen LogP contribution in [0.1, 0.15) is 19.3 Å². The van der Waals surface area contributed by atoms with Crippen molar-refractivity contribution in [2.45, 2.75) is 24.2 Å². The summed E-state index contributed by atoms with van der Waals surface area (Å²) < 4.78 is 27.5. The van der Waals surface area contributed by atoms with Gasteiger partial charge in [-0.25, -0.2) is 8.42 Å². The first kappa shape index (κ1) is 18.0. The fourth-order valence-corrected chi connectivity index (χ4v) is 4.38. The molecule has 0 spiro atoms. The maximum Gasteiger partial charge on any atom is 0.261 e. The van der Waals surface area contributed by atoms with Crippen LogP contribution in [-0.4, -0.2) is 20.9 Å². The zero-order valence-corrected chi connectivity index (χ0v) is 15.5. The molecular formula is C17H16Cl2N2O3S. The van der Waals surface area contributed by atoms with Crippen molar-refractivity contribution in [3.05, 3.63) is 52.5 Å². The molecule has 1 saturated heterocycles. The van der Waals surface area contributed by atoms with E-state index in [4.69, 9.17) is 23.2 Å². The molecule has 25 heavy (non-hydrogen) atoms. The number of amides is 1. The van der Waals surface area contributed by atoms with Crippen LogP contribution in [0.25, 0.3) is 0 Å². The van der Waals surface area contributed by atoms with Gasteiger partial charge >= 0.3 is 0 Å². The number of carbonyl (C=O) groups excluding carboxylic acids is 1. The number of anilines is 2. The molecule has 1 heterocycles. The Morgan fingerprint density at radius 3 is 2.20 bits per heavy atom. The van der Waals surface area contributed by atoms with Crippen LogP contribution in [0.15, 0.2) is 47.4 Å². The number of rotatable bonds is 4. The predicted octanol–water partition coefficient (Wildman–Crippen LogP) is 4.31. The minimum Gasteiger partial charge on any atom is -0.312 e. The second kappa shape index (κ2) is 7.23. The van der Waals surface area contributed by atoms with Crippen molar-refractivity contribution in [1.82, 2.24) is 0 Å². The molecule has 5 nitrogen and oxygen atoms in total. The van der Waals surface area contributed by atoms with Gasteiger partial charge in [-0.05, 0) is 49.2 Å². The summed E-state index contributed by atoms with van der Waals surface area (Å²) in [4.78, 5) is 13.7. The van der Waals surface area contributed by atoms with Gasteiger partial charge in [0.1, 0.15) is 0 Å². The zero-order valence-electron chi connectivity index (χ0n) is 13.2. The molecule has 0 aliphatic carbocycles. The smallest absolute Gasteiger partial charge is 0.261 e. The lowest BCUT2D eigenvalue weighted by molar-refractivity contribution is -0.119. The molecule has 3 rings (SSSR count). The molecule has 0 aromatic heterocycles. The molecule has 1 aliphatic heterocycles. The average Bonchev–Trinajstić information content (AvgIpc) is 2.59. The lowest BCUT2D eigenvalue weighted by atomic mass is 10.1. The van der Waals surface area contributed by atoms with E-state index < -0.39 is 10.0 Å². The van der Waals surface area contributed by atoms with E-state index in [9.17, 15) is 13.2 Å². The number of hydrogen-bond acceptors (Lipinski definition) is 3. The average molecular weight is 399 g/mol. The topological polar surface area (TPSA) is 66.5 Å². The Morgan fingerprint density at radius 2 is 1.60 bits per heavy atom. The molecule has 2 aromatic rings. The fourth-order valence-electron chi connectivity index (χ4n) is 2.67. The highest BCUT2D eigenvalue weighted by Gasteiger charge is 2.21. The van der Waals surface area contributed by atoms with Crippen molar-refractivity contribution >= 4 is 50.5 Å². The van der Waals surface area contributed by atoms with Gasteiger partial charge in [0.2, 0.25) is 5.91 Å². The van der Waals surface area contributed by atoms with E-state index in [-0.39, 0.29) is 26.5 Å². The maximum atomic E-state index is 12.5. The molecule has 2 aromatic carbocycles. The summed E-state index contributed by atoms with van der Waals surface area (Å²) in [7, 11) is -3.84. The monoisotopic (exact) mass is 398 g/mol. The first-order chi connectivity index (χ1) is 11.9. The van der Waals surface area contributed by atoms with Crippen LogP contribution in [0.3, 0.4) is 0 Å². The number of benzene rings is 2. The third-order valence-electron chi connectivity index (χ3n) is 3.98. The maximum absolute atomic E-state index is 12.5. The third kappa shape index (κ3) is 3.92. The van der Waals surface area contributed by atoms with Crippen molar-refractivity contribution in [2.24, 2.45) is 0 Å². The first-order valence-corrected chi connectivity index (χ1v) is 10.00. The van der Waals surface area contributed by atoms with Crippen molar-refractivity contribution in [2.75, 3.05) is 16.2 Å². The Hall–Kier alpha value is -1.76. The normalized spacial score (nSPS) is 15.3. The van der Waals surface area contributed by atoms with Gasteiger partial charge in [0.25, 0.3) is 10.0 Å². The number of sulfonamides is 1. The highest BCUT2D eigenvalue weighted by Crippen LogP contribution is 2.32. The van der Waals surface area contributed by atoms with E-state index in [1.54, 1.807) is 35.2 Å². The van der Waals surface area contributed by atoms with Crippen LogP contribution in [-0.2, 0) is 14.8 Å². The van der Waals surface area contributed by atoms with Gasteiger partial charge in [-0.15, -0.1) is 0 Å². The summed E-state index contributed by atoms with van der Waals surface area (Å²) in [6, 6.07) is 10.9. The molecule has 1 aliphatic rings. The SMILES string of the molecule is O=C1CCCCN1c1ccc(S(=O)(=O)Nc2c(Cl)cccc2Cl)cc1. The number of carbonyl (C=O) groups is 1. The lowest BCUT2D eigenvalue weighted by Gasteiger charge is -2.26. The van der Waals surface area contributed by atoms with Crippen molar-refractivity contribution < 1.29 is 13.2 Å². The van der Waals surface area contributed by atoms with Crippen LogP contribution < -0.4 is 9.62 Å². The quantitative estimate of drug-likeness (QED) is 0.833. The van der Waals surface area contributed by atoms with Crippen molar-refractivity contribution in [3.63, 3.8) is 0 Å². The van der Waals surface area contributed by atoms with Gasteiger partial charge in [-0.2, -0.15) is 0 Å². The molecule has 1 fully saturated rings. The Kier molecular flexibility index (Phi) is 5.22. The molecule has 1 amide bonds. The molecule has 1 N–H and O–H groups in total. The van der Waals surface area contributed by atoms with Gasteiger partial charge < -0.3 is 4.90 Å². The number of nitrogens with one attached hydrogen (secondary N) is 1. The first-order valence-electron chi connectivity index (χ1n) is 7.76. The Bertz CT molecular complexity index is 878. The predicted molar refractivity (Wildman–Crippen MR) is 99.9 cm³/mol. The van der Waals surface area contributed by atoms with Gasteiger partial charge in [0.05, 0.1) is 20.6 Å². The summed E-state index contributed by atoms with van der Waals surface area (Å²) in [5.41, 5.74) is 0.834. The minimum absolute atomic E-state index is 0.0582. The number of nitrogens with zero attached hydrogens (tertiary/aromatic N) is 1. The minimum atomic E-state index is -3.84. The highest BCUT2D eigenvalue weighted by atomic mass is 35.5. The summed E-state index contributed by atoms with van der Waals surface area (Å²) in [5.74, 6) is 0.0582. The van der Waals surface area contributed by atoms with Gasteiger partial charge in [-0.3, -0.25) is 9.52 Å². The highest BCUT2D eigenvalue weighted by molar-refractivity contribution is 7.92. The lowest BCUT2D eigenvalue weighted by Crippen LogP contribution is -2.35. The van der Waals surface area contributed by atoms with E-state index in [0.717, 1.165) is 12.8 Å². The molecule has 0 radical (unpaired) electrons. The van der Waals surface area contributed by atoms with Crippen LogP contribution in [0, 0.1) is 0 Å². The van der Waals surface area contributed by atoms with Crippen LogP contribution in [0.4, 0.5) is 11.4 Å². The molecular weight excluding hydrogens is 383 g/mol. The molecule has 0 saturated carbocycles. The second-order valence-electron chi connectivity index (χ2n) is 5.70. The van der Waals surface area contributed by atoms with Crippen molar-refractivity contribution in [3.8, 4) is 0 Å². The van der Waals surface area contributed by atoms with Crippen LogP contribution >= 0.6 is 23.2 Å². The zero-order chi connectivity index (χ0) is 18.0. The van der Waals surface area contributed by atoms with Gasteiger partial charge in [0.15, 0.2) is 0 Å². The van der Waals surface area contributed by atoms with E-state index in [0.29, 0.717) is 18.7 Å². The van der Waals surface area contributed by atoms with E-state index in [1.807, 2.05) is 0 Å². The summed E-state index contributed by atoms with van der Waals surface area (Å²) in [6.45, 7) is 0.651. The van der Waals surface area contributed by atoms with Crippen LogP contribution in [0.2, 0.25) is 10.0 Å². The second-order valence-corrected chi connectivity index (χ2v) is 8.20. The molecule has 132 valence electrons. The molecule has 0 bridgehead atoms. The number of halogens is 2. The molecule has 0 unspecified atom stereocenters. The van der Waals surface area contributed by atoms with E-state index in [2.05, 4.69) is 4.72 Å². The Morgan fingerprint density at radius 1 is 0.960 bits per heavy atom. The van der Waals surface area contributed by atoms with Crippen LogP contribution in [0.5, 0.6) is 0 Å². The number of para-hydroxylation sites is 1. The fraction of sp³-hybridized carbons (Fsp3) is 0.235. The molecule has 8 heteroatoms. The van der Waals surface area contributed by atoms with Crippen molar-refractivity contribution in [1.29, 1.82) is 0 Å². The summed E-state index contributed by atoms with van der Waals surface area (Å²) in [5, 5.41) is 0.429. The van der Waals surface area contributed by atoms with E-state index >= 15 is 0 Å².